The first-order valence-electron chi connectivity index (χ1n) is 11.2. The molecule has 0 saturated carbocycles. The molecule has 1 aliphatic heterocycles. The first kappa shape index (κ1) is 27.2. The van der Waals surface area contributed by atoms with E-state index in [0.717, 1.165) is 23.1 Å². The summed E-state index contributed by atoms with van der Waals surface area (Å²) in [5.74, 6) is -2.04. The molecule has 2 amide bonds. The molecule has 0 aliphatic carbocycles. The van der Waals surface area contributed by atoms with Crippen LogP contribution in [0.1, 0.15) is 58.1 Å². The van der Waals surface area contributed by atoms with Crippen LogP contribution in [0.15, 0.2) is 30.3 Å². The van der Waals surface area contributed by atoms with Crippen LogP contribution in [-0.2, 0) is 23.8 Å². The maximum absolute atomic E-state index is 13.3. The zero-order valence-electron chi connectivity index (χ0n) is 19.6. The molecule has 1 aromatic rings. The van der Waals surface area contributed by atoms with E-state index >= 15 is 0 Å². The number of nitrogens with zero attached hydrogens (tertiary/aromatic N) is 1. The Morgan fingerprint density at radius 2 is 1.76 bits per heavy atom. The number of amides is 2. The number of imide groups is 1. The normalized spacial score (nSPS) is 21.2. The summed E-state index contributed by atoms with van der Waals surface area (Å²) in [6.07, 6.45) is -1.14. The van der Waals surface area contributed by atoms with Gasteiger partial charge in [-0.1, -0.05) is 57.5 Å². The van der Waals surface area contributed by atoms with Gasteiger partial charge >= 0.3 is 6.09 Å². The van der Waals surface area contributed by atoms with E-state index in [-0.39, 0.29) is 19.4 Å². The molecule has 1 heterocycles. The molecular weight excluding hydrogens is 450 g/mol. The molecule has 0 spiro atoms. The van der Waals surface area contributed by atoms with Crippen molar-refractivity contribution in [2.24, 2.45) is 11.8 Å². The third-order valence-electron chi connectivity index (χ3n) is 6.09. The lowest BCUT2D eigenvalue weighted by molar-refractivity contribution is -0.136. The van der Waals surface area contributed by atoms with Crippen molar-refractivity contribution in [1.29, 1.82) is 0 Å². The average molecular weight is 486 g/mol. The monoisotopic (exact) mass is 485 g/mol. The predicted octanol–water partition coefficient (Wildman–Crippen LogP) is 2.63. The predicted molar refractivity (Wildman–Crippen MR) is 122 cm³/mol. The van der Waals surface area contributed by atoms with Crippen LogP contribution < -0.4 is 0 Å². The van der Waals surface area contributed by atoms with Crippen LogP contribution in [0.25, 0.3) is 0 Å². The Kier molecular flexibility index (Phi) is 9.84. The number of ether oxygens (including phenoxy) is 1. The molecule has 0 bridgehead atoms. The van der Waals surface area contributed by atoms with Crippen LogP contribution in [-0.4, -0.2) is 66.7 Å². The van der Waals surface area contributed by atoms with Crippen molar-refractivity contribution < 1.29 is 37.1 Å². The summed E-state index contributed by atoms with van der Waals surface area (Å²) in [7, 11) is -3.92. The number of hydrogen-bond acceptors (Lipinski definition) is 8. The molecule has 2 rings (SSSR count). The topological polar surface area (TPSA) is 130 Å². The van der Waals surface area contributed by atoms with E-state index in [4.69, 9.17) is 8.92 Å². The van der Waals surface area contributed by atoms with E-state index in [1.54, 1.807) is 31.2 Å². The van der Waals surface area contributed by atoms with Gasteiger partial charge in [-0.05, 0) is 24.8 Å². The highest BCUT2D eigenvalue weighted by Crippen LogP contribution is 2.31. The van der Waals surface area contributed by atoms with Crippen LogP contribution >= 0.6 is 0 Å². The Bertz CT molecular complexity index is 891. The van der Waals surface area contributed by atoms with Gasteiger partial charge in [0.15, 0.2) is 0 Å². The Morgan fingerprint density at radius 1 is 1.15 bits per heavy atom. The number of carbonyl (C=O) groups excluding carboxylic acids is 2. The molecular formula is C23H35NO8S. The first-order chi connectivity index (χ1) is 15.5. The highest BCUT2D eigenvalue weighted by atomic mass is 32.2. The lowest BCUT2D eigenvalue weighted by atomic mass is 9.89. The second kappa shape index (κ2) is 11.9. The van der Waals surface area contributed by atoms with Gasteiger partial charge in [0.25, 0.3) is 10.1 Å². The average Bonchev–Trinajstić information content (AvgIpc) is 3.16. The smallest absolute Gasteiger partial charge is 0.417 e. The van der Waals surface area contributed by atoms with E-state index in [1.807, 2.05) is 13.0 Å². The SMILES string of the molecule is CCC[C@H](O)[C@H](C)[C@@H](O)CC[C@H](OS(C)(=O)=O)[C@H](C)C(=O)N1C(=O)OC[C@H]1c1ccccc1. The Balaban J connectivity index is 2.17. The van der Waals surface area contributed by atoms with Crippen LogP contribution in [0.3, 0.4) is 0 Å². The van der Waals surface area contributed by atoms with Crippen LogP contribution in [0.4, 0.5) is 4.79 Å². The molecule has 1 aromatic carbocycles. The second-order valence-corrected chi connectivity index (χ2v) is 10.3. The Labute approximate surface area is 195 Å². The van der Waals surface area contributed by atoms with Crippen molar-refractivity contribution in [3.63, 3.8) is 0 Å². The van der Waals surface area contributed by atoms with Crippen LogP contribution in [0.5, 0.6) is 0 Å². The van der Waals surface area contributed by atoms with E-state index in [9.17, 15) is 28.2 Å². The number of carbonyl (C=O) groups is 2. The third-order valence-corrected chi connectivity index (χ3v) is 6.68. The molecule has 10 heteroatoms. The largest absolute Gasteiger partial charge is 0.446 e. The molecule has 0 aromatic heterocycles. The summed E-state index contributed by atoms with van der Waals surface area (Å²) < 4.78 is 34.0. The van der Waals surface area contributed by atoms with E-state index < -0.39 is 58.3 Å². The molecule has 186 valence electrons. The van der Waals surface area contributed by atoms with Crippen molar-refractivity contribution in [2.45, 2.75) is 70.8 Å². The van der Waals surface area contributed by atoms with E-state index in [0.29, 0.717) is 6.42 Å². The minimum absolute atomic E-state index is 0.00442. The van der Waals surface area contributed by atoms with Gasteiger partial charge in [-0.2, -0.15) is 8.42 Å². The lowest BCUT2D eigenvalue weighted by Crippen LogP contribution is -2.43. The molecule has 2 N–H and O–H groups in total. The zero-order valence-corrected chi connectivity index (χ0v) is 20.4. The number of hydrogen-bond donors (Lipinski definition) is 2. The van der Waals surface area contributed by atoms with E-state index in [2.05, 4.69) is 0 Å². The molecule has 1 aliphatic rings. The number of cyclic esters (lactones) is 1. The molecule has 33 heavy (non-hydrogen) atoms. The maximum atomic E-state index is 13.3. The minimum atomic E-state index is -3.92. The van der Waals surface area contributed by atoms with Crippen molar-refractivity contribution in [3.05, 3.63) is 35.9 Å². The van der Waals surface area contributed by atoms with Gasteiger partial charge in [-0.15, -0.1) is 0 Å². The molecule has 1 saturated heterocycles. The third kappa shape index (κ3) is 7.49. The molecule has 9 nitrogen and oxygen atoms in total. The van der Waals surface area contributed by atoms with Crippen molar-refractivity contribution in [1.82, 2.24) is 4.90 Å². The Morgan fingerprint density at radius 3 is 2.33 bits per heavy atom. The van der Waals surface area contributed by atoms with Crippen molar-refractivity contribution >= 4 is 22.1 Å². The summed E-state index contributed by atoms with van der Waals surface area (Å²) in [4.78, 5) is 26.6. The molecule has 0 radical (unpaired) electrons. The lowest BCUT2D eigenvalue weighted by Gasteiger charge is -2.29. The van der Waals surface area contributed by atoms with Gasteiger partial charge in [0, 0.05) is 5.92 Å². The second-order valence-electron chi connectivity index (χ2n) is 8.70. The van der Waals surface area contributed by atoms with Crippen molar-refractivity contribution in [3.8, 4) is 0 Å². The number of aliphatic hydroxyl groups is 2. The van der Waals surface area contributed by atoms with Gasteiger partial charge in [0.05, 0.1) is 30.5 Å². The standard InChI is InChI=1S/C23H35NO8S/c1-5-9-19(25)15(2)20(26)12-13-21(32-33(4,29)30)16(3)22(27)24-18(14-31-23(24)28)17-10-7-6-8-11-17/h6-8,10-11,15-16,18-21,25-26H,5,9,12-14H2,1-4H3/t15-,16-,18-,19-,20-,21-/m0/s1. The van der Waals surface area contributed by atoms with E-state index in [1.165, 1.54) is 6.92 Å². The van der Waals surface area contributed by atoms with Gasteiger partial charge < -0.3 is 14.9 Å². The summed E-state index contributed by atoms with van der Waals surface area (Å²) in [5, 5.41) is 20.6. The first-order valence-corrected chi connectivity index (χ1v) is 13.1. The molecule has 0 unspecified atom stereocenters. The summed E-state index contributed by atoms with van der Waals surface area (Å²) in [5.41, 5.74) is 0.721. The highest BCUT2D eigenvalue weighted by Gasteiger charge is 2.43. The minimum Gasteiger partial charge on any atom is -0.446 e. The fraction of sp³-hybridized carbons (Fsp3) is 0.652. The van der Waals surface area contributed by atoms with Gasteiger partial charge in [-0.3, -0.25) is 8.98 Å². The van der Waals surface area contributed by atoms with Gasteiger partial charge in [-0.25, -0.2) is 9.69 Å². The molecule has 6 atom stereocenters. The van der Waals surface area contributed by atoms with Gasteiger partial charge in [0.2, 0.25) is 5.91 Å². The van der Waals surface area contributed by atoms with Crippen LogP contribution in [0.2, 0.25) is 0 Å². The summed E-state index contributed by atoms with van der Waals surface area (Å²) in [6.45, 7) is 5.15. The fourth-order valence-electron chi connectivity index (χ4n) is 3.98. The highest BCUT2D eigenvalue weighted by molar-refractivity contribution is 7.86. The van der Waals surface area contributed by atoms with Crippen LogP contribution in [0, 0.1) is 11.8 Å². The summed E-state index contributed by atoms with van der Waals surface area (Å²) in [6, 6.07) is 8.32. The number of benzene rings is 1. The fourth-order valence-corrected chi connectivity index (χ4v) is 4.69. The quantitative estimate of drug-likeness (QED) is 0.432. The number of rotatable bonds is 12. The maximum Gasteiger partial charge on any atom is 0.417 e. The summed E-state index contributed by atoms with van der Waals surface area (Å²) >= 11 is 0. The Hall–Kier alpha value is -2.01. The number of aliphatic hydroxyl groups excluding tert-OH is 2. The zero-order chi connectivity index (χ0) is 24.8. The van der Waals surface area contributed by atoms with Gasteiger partial charge in [0.1, 0.15) is 12.6 Å². The van der Waals surface area contributed by atoms with Crippen molar-refractivity contribution in [2.75, 3.05) is 12.9 Å². The molecule has 1 fully saturated rings.